The quantitative estimate of drug-likeness (QED) is 0.303. The summed E-state index contributed by atoms with van der Waals surface area (Å²) in [6, 6.07) is 0. The fraction of sp³-hybridized carbons (Fsp3) is 0.500. The van der Waals surface area contributed by atoms with Crippen molar-refractivity contribution < 1.29 is 9.90 Å². The number of hydrogen-bond acceptors (Lipinski definition) is 2. The number of aliphatic hydroxyl groups is 1. The molecule has 0 saturated carbocycles. The first-order chi connectivity index (χ1) is 4.31. The van der Waals surface area contributed by atoms with Crippen LogP contribution in [0.5, 0.6) is 0 Å². The molecular weight excluding hydrogens is 118 g/mol. The van der Waals surface area contributed by atoms with E-state index in [4.69, 9.17) is 5.11 Å². The van der Waals surface area contributed by atoms with Crippen LogP contribution >= 0.6 is 0 Å². The average molecular weight is 129 g/mol. The Kier molecular flexibility index (Phi) is 4.82. The Bertz CT molecular complexity index is 101. The summed E-state index contributed by atoms with van der Waals surface area (Å²) >= 11 is 0. The predicted octanol–water partition coefficient (Wildman–Crippen LogP) is -0.329. The molecule has 0 saturated heterocycles. The van der Waals surface area contributed by atoms with Gasteiger partial charge in [-0.25, -0.2) is 0 Å². The van der Waals surface area contributed by atoms with Crippen LogP contribution in [0.2, 0.25) is 0 Å². The molecule has 0 rings (SSSR count). The van der Waals surface area contributed by atoms with Gasteiger partial charge < -0.3 is 10.4 Å². The number of carbonyl (C=O) groups is 1. The van der Waals surface area contributed by atoms with Gasteiger partial charge in [0.15, 0.2) is 0 Å². The number of rotatable bonds is 5. The highest BCUT2D eigenvalue weighted by Gasteiger charge is 1.88. The number of aliphatic hydroxyl groups excluding tert-OH is 1. The van der Waals surface area contributed by atoms with Gasteiger partial charge in [0.25, 0.3) is 0 Å². The summed E-state index contributed by atoms with van der Waals surface area (Å²) in [5.41, 5.74) is 0.740. The lowest BCUT2D eigenvalue weighted by molar-refractivity contribution is -0.109. The van der Waals surface area contributed by atoms with E-state index in [0.717, 1.165) is 5.57 Å². The summed E-state index contributed by atoms with van der Waals surface area (Å²) in [4.78, 5) is 9.67. The number of amides is 1. The van der Waals surface area contributed by atoms with Gasteiger partial charge in [0.05, 0.1) is 6.61 Å². The molecule has 3 nitrogen and oxygen atoms in total. The Morgan fingerprint density at radius 3 is 2.89 bits per heavy atom. The second kappa shape index (κ2) is 5.31. The number of nitrogens with one attached hydrogen (secondary N) is 1. The highest BCUT2D eigenvalue weighted by molar-refractivity contribution is 5.45. The van der Waals surface area contributed by atoms with Crippen molar-refractivity contribution in [2.45, 2.75) is 6.42 Å². The Morgan fingerprint density at radius 2 is 2.44 bits per heavy atom. The fourth-order valence-corrected chi connectivity index (χ4v) is 0.387. The van der Waals surface area contributed by atoms with Crippen molar-refractivity contribution in [1.29, 1.82) is 0 Å². The average Bonchev–Trinajstić information content (AvgIpc) is 1.89. The maximum atomic E-state index is 9.67. The van der Waals surface area contributed by atoms with Gasteiger partial charge in [-0.15, -0.1) is 0 Å². The molecule has 0 fully saturated rings. The molecule has 0 aromatic carbocycles. The number of hydrogen-bond donors (Lipinski definition) is 2. The van der Waals surface area contributed by atoms with Crippen molar-refractivity contribution in [1.82, 2.24) is 5.32 Å². The normalized spacial score (nSPS) is 8.56. The molecule has 0 aliphatic heterocycles. The van der Waals surface area contributed by atoms with E-state index in [0.29, 0.717) is 19.4 Å². The van der Waals surface area contributed by atoms with Gasteiger partial charge in [0.1, 0.15) is 0 Å². The molecule has 0 aromatic heterocycles. The minimum atomic E-state index is 0.000533. The topological polar surface area (TPSA) is 49.3 Å². The molecule has 52 valence electrons. The number of carbonyl (C=O) groups excluding carboxylic acids is 1. The van der Waals surface area contributed by atoms with Gasteiger partial charge >= 0.3 is 0 Å². The van der Waals surface area contributed by atoms with Gasteiger partial charge in [-0.3, -0.25) is 4.79 Å². The zero-order chi connectivity index (χ0) is 7.11. The van der Waals surface area contributed by atoms with Gasteiger partial charge in [-0.05, 0) is 6.42 Å². The van der Waals surface area contributed by atoms with Gasteiger partial charge in [0, 0.05) is 6.54 Å². The third kappa shape index (κ3) is 5.03. The molecule has 0 radical (unpaired) electrons. The minimum Gasteiger partial charge on any atom is -0.392 e. The van der Waals surface area contributed by atoms with Crippen LogP contribution in [-0.4, -0.2) is 24.7 Å². The first-order valence-corrected chi connectivity index (χ1v) is 2.75. The molecule has 0 heterocycles. The second-order valence-electron chi connectivity index (χ2n) is 1.73. The van der Waals surface area contributed by atoms with Crippen LogP contribution in [-0.2, 0) is 4.79 Å². The SMILES string of the molecule is C=C(CO)CCNC=O. The van der Waals surface area contributed by atoms with E-state index in [9.17, 15) is 4.79 Å². The van der Waals surface area contributed by atoms with Gasteiger partial charge in [-0.1, -0.05) is 12.2 Å². The summed E-state index contributed by atoms with van der Waals surface area (Å²) in [6.07, 6.45) is 1.28. The zero-order valence-electron chi connectivity index (χ0n) is 5.26. The zero-order valence-corrected chi connectivity index (χ0v) is 5.26. The summed E-state index contributed by atoms with van der Waals surface area (Å²) in [5, 5.41) is 10.9. The smallest absolute Gasteiger partial charge is 0.207 e. The largest absolute Gasteiger partial charge is 0.392 e. The maximum absolute atomic E-state index is 9.67. The first kappa shape index (κ1) is 8.17. The van der Waals surface area contributed by atoms with Crippen LogP contribution in [0.25, 0.3) is 0 Å². The highest BCUT2D eigenvalue weighted by Crippen LogP contribution is 1.91. The van der Waals surface area contributed by atoms with Crippen molar-refractivity contribution in [3.8, 4) is 0 Å². The molecule has 1 amide bonds. The molecule has 0 aliphatic carbocycles. The van der Waals surface area contributed by atoms with Crippen molar-refractivity contribution >= 4 is 6.41 Å². The lowest BCUT2D eigenvalue weighted by atomic mass is 10.2. The van der Waals surface area contributed by atoms with E-state index in [1.54, 1.807) is 0 Å². The molecule has 0 aliphatic rings. The first-order valence-electron chi connectivity index (χ1n) is 2.75. The van der Waals surface area contributed by atoms with E-state index in [1.165, 1.54) is 0 Å². The van der Waals surface area contributed by atoms with Crippen molar-refractivity contribution in [2.75, 3.05) is 13.2 Å². The van der Waals surface area contributed by atoms with E-state index < -0.39 is 0 Å². The van der Waals surface area contributed by atoms with Crippen molar-refractivity contribution in [3.05, 3.63) is 12.2 Å². The molecule has 9 heavy (non-hydrogen) atoms. The van der Waals surface area contributed by atoms with Crippen LogP contribution in [0.3, 0.4) is 0 Å². The molecule has 0 atom stereocenters. The third-order valence-electron chi connectivity index (χ3n) is 0.930. The summed E-state index contributed by atoms with van der Waals surface area (Å²) < 4.78 is 0. The van der Waals surface area contributed by atoms with E-state index in [1.807, 2.05) is 0 Å². The lowest BCUT2D eigenvalue weighted by Gasteiger charge is -1.98. The van der Waals surface area contributed by atoms with Gasteiger partial charge in [0.2, 0.25) is 6.41 Å². The minimum absolute atomic E-state index is 0.000533. The van der Waals surface area contributed by atoms with Crippen LogP contribution in [0, 0.1) is 0 Å². The summed E-state index contributed by atoms with van der Waals surface area (Å²) in [7, 11) is 0. The maximum Gasteiger partial charge on any atom is 0.207 e. The summed E-state index contributed by atoms with van der Waals surface area (Å²) in [5.74, 6) is 0. The van der Waals surface area contributed by atoms with Crippen molar-refractivity contribution in [2.24, 2.45) is 0 Å². The van der Waals surface area contributed by atoms with E-state index in [-0.39, 0.29) is 6.61 Å². The summed E-state index contributed by atoms with van der Waals surface area (Å²) in [6.45, 7) is 4.10. The Morgan fingerprint density at radius 1 is 1.78 bits per heavy atom. The van der Waals surface area contributed by atoms with Crippen LogP contribution in [0.4, 0.5) is 0 Å². The standard InChI is InChI=1S/C6H11NO2/c1-6(4-8)2-3-7-5-9/h5,8H,1-4H2,(H,7,9). The highest BCUT2D eigenvalue weighted by atomic mass is 16.3. The van der Waals surface area contributed by atoms with Crippen molar-refractivity contribution in [3.63, 3.8) is 0 Å². The molecular formula is C6H11NO2. The third-order valence-corrected chi connectivity index (χ3v) is 0.930. The lowest BCUT2D eigenvalue weighted by Crippen LogP contribution is -2.13. The Balaban J connectivity index is 3.06. The van der Waals surface area contributed by atoms with Gasteiger partial charge in [-0.2, -0.15) is 0 Å². The second-order valence-corrected chi connectivity index (χ2v) is 1.73. The Labute approximate surface area is 54.4 Å². The fourth-order valence-electron chi connectivity index (χ4n) is 0.387. The molecule has 0 spiro atoms. The monoisotopic (exact) mass is 129 g/mol. The van der Waals surface area contributed by atoms with E-state index in [2.05, 4.69) is 11.9 Å². The molecule has 2 N–H and O–H groups in total. The van der Waals surface area contributed by atoms with E-state index >= 15 is 0 Å². The Hall–Kier alpha value is -0.830. The predicted molar refractivity (Wildman–Crippen MR) is 34.9 cm³/mol. The van der Waals surface area contributed by atoms with Crippen LogP contribution < -0.4 is 5.32 Å². The van der Waals surface area contributed by atoms with Crippen LogP contribution in [0.1, 0.15) is 6.42 Å². The molecule has 3 heteroatoms. The molecule has 0 aromatic rings. The van der Waals surface area contributed by atoms with Crippen LogP contribution in [0.15, 0.2) is 12.2 Å². The molecule has 0 bridgehead atoms. The molecule has 0 unspecified atom stereocenters.